The average Bonchev–Trinajstić information content (AvgIpc) is 3.13. The van der Waals surface area contributed by atoms with Crippen molar-refractivity contribution < 1.29 is 49.0 Å². The minimum absolute atomic E-state index is 0.108. The fourth-order valence-electron chi connectivity index (χ4n) is 8.90. The first-order valence-corrected chi connectivity index (χ1v) is 13.7. The van der Waals surface area contributed by atoms with E-state index in [2.05, 4.69) is 0 Å². The predicted octanol–water partition coefficient (Wildman–Crippen LogP) is 0.875. The van der Waals surface area contributed by atoms with Crippen molar-refractivity contribution >= 4 is 17.7 Å². The molecule has 2 bridgehead atoms. The van der Waals surface area contributed by atoms with Crippen LogP contribution in [-0.2, 0) is 28.6 Å². The molecular formula is C28H40O10. The predicted molar refractivity (Wildman–Crippen MR) is 131 cm³/mol. The number of hydrogen-bond acceptors (Lipinski definition) is 10. The SMILES string of the molecule is CC[C@](O)(CC(=O)OC1C(=O)OC2C[C@H]3C(C)=CC(=O)C(O)C3(C)[C@@H]3C24CO[C@@]3(O)[C@H](O)[C@H](C)C14)C(C)C. The Morgan fingerprint density at radius 1 is 1.29 bits per heavy atom. The van der Waals surface area contributed by atoms with Crippen LogP contribution in [-0.4, -0.2) is 80.6 Å². The molecule has 0 amide bonds. The molecule has 38 heavy (non-hydrogen) atoms. The number of aliphatic hydroxyl groups excluding tert-OH is 2. The molecule has 4 fully saturated rings. The van der Waals surface area contributed by atoms with E-state index in [1.165, 1.54) is 6.08 Å². The van der Waals surface area contributed by atoms with Crippen LogP contribution in [0.3, 0.4) is 0 Å². The first kappa shape index (κ1) is 27.7. The third-order valence-corrected chi connectivity index (χ3v) is 11.0. The van der Waals surface area contributed by atoms with Gasteiger partial charge in [-0.2, -0.15) is 0 Å². The molecule has 2 heterocycles. The highest BCUT2D eigenvalue weighted by Gasteiger charge is 2.83. The van der Waals surface area contributed by atoms with Crippen LogP contribution in [0.25, 0.3) is 0 Å². The lowest BCUT2D eigenvalue weighted by Crippen LogP contribution is -2.78. The van der Waals surface area contributed by atoms with Gasteiger partial charge in [0.15, 0.2) is 11.6 Å². The van der Waals surface area contributed by atoms with Crippen molar-refractivity contribution in [3.8, 4) is 0 Å². The Bertz CT molecular complexity index is 1090. The molecule has 0 aromatic carbocycles. The Balaban J connectivity index is 1.60. The van der Waals surface area contributed by atoms with Crippen molar-refractivity contribution in [3.63, 3.8) is 0 Å². The zero-order valence-corrected chi connectivity index (χ0v) is 22.8. The number of aliphatic hydroxyl groups is 4. The zero-order valence-electron chi connectivity index (χ0n) is 22.8. The molecular weight excluding hydrogens is 496 g/mol. The third-order valence-electron chi connectivity index (χ3n) is 11.0. The molecule has 3 aliphatic carbocycles. The Morgan fingerprint density at radius 3 is 2.55 bits per heavy atom. The molecule has 2 aliphatic heterocycles. The molecule has 10 heteroatoms. The van der Waals surface area contributed by atoms with E-state index >= 15 is 0 Å². The van der Waals surface area contributed by atoms with E-state index in [9.17, 15) is 34.8 Å². The van der Waals surface area contributed by atoms with Crippen LogP contribution in [0.2, 0.25) is 0 Å². The van der Waals surface area contributed by atoms with Crippen molar-refractivity contribution in [2.45, 2.75) is 96.6 Å². The molecule has 2 saturated carbocycles. The summed E-state index contributed by atoms with van der Waals surface area (Å²) >= 11 is 0. The summed E-state index contributed by atoms with van der Waals surface area (Å²) in [6.07, 6.45) is -3.49. The number of rotatable bonds is 5. The highest BCUT2D eigenvalue weighted by Crippen LogP contribution is 2.73. The molecule has 0 aromatic rings. The van der Waals surface area contributed by atoms with Gasteiger partial charge < -0.3 is 34.6 Å². The number of carbonyl (C=O) groups is 3. The molecule has 0 radical (unpaired) electrons. The maximum Gasteiger partial charge on any atom is 0.348 e. The zero-order chi connectivity index (χ0) is 28.2. The summed E-state index contributed by atoms with van der Waals surface area (Å²) in [4.78, 5) is 39.4. The van der Waals surface area contributed by atoms with Crippen molar-refractivity contribution in [3.05, 3.63) is 11.6 Å². The second-order valence-corrected chi connectivity index (χ2v) is 12.9. The quantitative estimate of drug-likeness (QED) is 0.371. The molecule has 212 valence electrons. The van der Waals surface area contributed by atoms with Gasteiger partial charge in [-0.15, -0.1) is 0 Å². The topological polar surface area (TPSA) is 160 Å². The monoisotopic (exact) mass is 536 g/mol. The van der Waals surface area contributed by atoms with Gasteiger partial charge >= 0.3 is 11.9 Å². The fraction of sp³-hybridized carbons (Fsp3) is 0.821. The summed E-state index contributed by atoms with van der Waals surface area (Å²) in [6, 6.07) is 0. The van der Waals surface area contributed by atoms with Crippen LogP contribution >= 0.6 is 0 Å². The van der Waals surface area contributed by atoms with Gasteiger partial charge in [0.25, 0.3) is 0 Å². The minimum atomic E-state index is -2.11. The number of hydrogen-bond donors (Lipinski definition) is 4. The van der Waals surface area contributed by atoms with Gasteiger partial charge in [0, 0.05) is 22.7 Å². The van der Waals surface area contributed by atoms with Crippen molar-refractivity contribution in [2.75, 3.05) is 6.61 Å². The molecule has 5 aliphatic rings. The Kier molecular flexibility index (Phi) is 6.25. The summed E-state index contributed by atoms with van der Waals surface area (Å²) < 4.78 is 17.7. The maximum absolute atomic E-state index is 13.4. The first-order chi connectivity index (χ1) is 17.6. The van der Waals surface area contributed by atoms with E-state index in [1.54, 1.807) is 41.5 Å². The van der Waals surface area contributed by atoms with E-state index in [1.807, 2.05) is 0 Å². The van der Waals surface area contributed by atoms with Crippen molar-refractivity contribution in [1.29, 1.82) is 0 Å². The number of ketones is 1. The van der Waals surface area contributed by atoms with Crippen LogP contribution in [0.1, 0.15) is 60.8 Å². The Morgan fingerprint density at radius 2 is 1.95 bits per heavy atom. The van der Waals surface area contributed by atoms with Crippen LogP contribution in [0.4, 0.5) is 0 Å². The van der Waals surface area contributed by atoms with Gasteiger partial charge in [0.2, 0.25) is 6.10 Å². The van der Waals surface area contributed by atoms with E-state index in [0.717, 1.165) is 0 Å². The standard InChI is InChI=1S/C28H40O10/c1-7-26(34,12(2)3)10-18(30)38-20-19-14(5)21(31)28(35)24-25(6)15(13(4)8-16(29)22(25)32)9-17(37-23(20)33)27(19,24)11-36-28/h8,12,14-15,17,19-22,24,31-32,34-35H,7,9-11H2,1-6H3/t14-,15+,17?,19?,20?,21-,22?,24-,25?,26+,27?,28+/m1/s1. The summed E-state index contributed by atoms with van der Waals surface area (Å²) in [7, 11) is 0. The normalized spacial score (nSPS) is 49.0. The molecule has 6 unspecified atom stereocenters. The molecule has 5 rings (SSSR count). The average molecular weight is 537 g/mol. The fourth-order valence-corrected chi connectivity index (χ4v) is 8.90. The lowest BCUT2D eigenvalue weighted by Gasteiger charge is -2.68. The van der Waals surface area contributed by atoms with Crippen molar-refractivity contribution in [2.24, 2.45) is 40.4 Å². The number of allylic oxidation sites excluding steroid dienone is 1. The molecule has 4 N–H and O–H groups in total. The summed E-state index contributed by atoms with van der Waals surface area (Å²) in [6.45, 7) is 10.4. The van der Waals surface area contributed by atoms with Crippen LogP contribution in [0.15, 0.2) is 11.6 Å². The largest absolute Gasteiger partial charge is 0.459 e. The minimum Gasteiger partial charge on any atom is -0.459 e. The van der Waals surface area contributed by atoms with Gasteiger partial charge in [-0.05, 0) is 43.6 Å². The third kappa shape index (κ3) is 3.27. The molecule has 1 spiro atoms. The lowest BCUT2D eigenvalue weighted by molar-refractivity contribution is -0.340. The Labute approximate surface area is 222 Å². The molecule has 2 saturated heterocycles. The number of ether oxygens (including phenoxy) is 3. The van der Waals surface area contributed by atoms with Gasteiger partial charge in [0.1, 0.15) is 18.3 Å². The van der Waals surface area contributed by atoms with Gasteiger partial charge in [-0.25, -0.2) is 4.79 Å². The maximum atomic E-state index is 13.4. The van der Waals surface area contributed by atoms with Crippen molar-refractivity contribution in [1.82, 2.24) is 0 Å². The van der Waals surface area contributed by atoms with E-state index in [-0.39, 0.29) is 25.4 Å². The number of fused-ring (bicyclic) bond motifs is 1. The van der Waals surface area contributed by atoms with Crippen LogP contribution in [0, 0.1) is 40.4 Å². The lowest BCUT2D eigenvalue weighted by atomic mass is 9.38. The molecule has 0 aromatic heterocycles. The van der Waals surface area contributed by atoms with Crippen LogP contribution < -0.4 is 0 Å². The molecule has 12 atom stereocenters. The van der Waals surface area contributed by atoms with Gasteiger partial charge in [-0.3, -0.25) is 9.59 Å². The number of esters is 2. The van der Waals surface area contributed by atoms with E-state index in [4.69, 9.17) is 14.2 Å². The van der Waals surface area contributed by atoms with Crippen LogP contribution in [0.5, 0.6) is 0 Å². The van der Waals surface area contributed by atoms with Gasteiger partial charge in [0.05, 0.1) is 18.6 Å². The summed E-state index contributed by atoms with van der Waals surface area (Å²) in [5.74, 6) is -7.37. The highest BCUT2D eigenvalue weighted by atomic mass is 16.7. The second kappa shape index (κ2) is 8.57. The van der Waals surface area contributed by atoms with E-state index < -0.39 is 88.0 Å². The molecule has 10 nitrogen and oxygen atoms in total. The summed E-state index contributed by atoms with van der Waals surface area (Å²) in [5.41, 5.74) is -3.00. The number of carbonyl (C=O) groups excluding carboxylic acids is 3. The van der Waals surface area contributed by atoms with E-state index in [0.29, 0.717) is 12.0 Å². The second-order valence-electron chi connectivity index (χ2n) is 12.9. The Hall–Kier alpha value is -1.85. The smallest absolute Gasteiger partial charge is 0.348 e. The summed E-state index contributed by atoms with van der Waals surface area (Å²) in [5, 5.41) is 45.5. The first-order valence-electron chi connectivity index (χ1n) is 13.7. The van der Waals surface area contributed by atoms with Gasteiger partial charge in [-0.1, -0.05) is 40.2 Å². The highest BCUT2D eigenvalue weighted by molar-refractivity contribution is 5.96.